The summed E-state index contributed by atoms with van der Waals surface area (Å²) in [5.74, 6) is 1.15. The summed E-state index contributed by atoms with van der Waals surface area (Å²) in [6.07, 6.45) is 2.96. The van der Waals surface area contributed by atoms with Gasteiger partial charge in [0.25, 0.3) is 5.88 Å². The number of methoxy groups -OCH3 is 1. The van der Waals surface area contributed by atoms with Gasteiger partial charge in [0, 0.05) is 12.4 Å². The normalized spacial score (nSPS) is 10.2. The maximum Gasteiger partial charge on any atom is 0.257 e. The molecule has 0 aliphatic carbocycles. The highest BCUT2D eigenvalue weighted by Gasteiger charge is 2.10. The molecule has 0 spiro atoms. The third-order valence-corrected chi connectivity index (χ3v) is 2.50. The smallest absolute Gasteiger partial charge is 0.257 e. The van der Waals surface area contributed by atoms with Crippen molar-refractivity contribution in [2.45, 2.75) is 6.61 Å². The van der Waals surface area contributed by atoms with Gasteiger partial charge >= 0.3 is 0 Å². The first-order valence-electron chi connectivity index (χ1n) is 5.16. The van der Waals surface area contributed by atoms with E-state index in [1.54, 1.807) is 18.2 Å². The molecular weight excluding hydrogens is 256 g/mol. The van der Waals surface area contributed by atoms with Crippen LogP contribution in [0.4, 0.5) is 0 Å². The summed E-state index contributed by atoms with van der Waals surface area (Å²) < 4.78 is 10.7. The van der Waals surface area contributed by atoms with E-state index < -0.39 is 0 Å². The van der Waals surface area contributed by atoms with E-state index in [9.17, 15) is 0 Å². The van der Waals surface area contributed by atoms with Crippen molar-refractivity contribution in [1.82, 2.24) is 9.97 Å². The van der Waals surface area contributed by atoms with Crippen molar-refractivity contribution in [3.05, 3.63) is 41.3 Å². The molecule has 2 aromatic rings. The van der Waals surface area contributed by atoms with Crippen molar-refractivity contribution in [3.8, 4) is 17.4 Å². The fourth-order valence-corrected chi connectivity index (χ4v) is 1.52. The monoisotopic (exact) mass is 266 g/mol. The second-order valence-corrected chi connectivity index (χ2v) is 3.76. The van der Waals surface area contributed by atoms with Crippen LogP contribution in [0.15, 0.2) is 30.6 Å². The van der Waals surface area contributed by atoms with E-state index >= 15 is 0 Å². The molecule has 2 rings (SSSR count). The van der Waals surface area contributed by atoms with Crippen molar-refractivity contribution in [2.75, 3.05) is 7.11 Å². The number of hydrogen-bond acceptors (Lipinski definition) is 5. The minimum absolute atomic E-state index is 0.0669. The lowest BCUT2D eigenvalue weighted by Crippen LogP contribution is -1.95. The van der Waals surface area contributed by atoms with Crippen LogP contribution in [0, 0.1) is 0 Å². The van der Waals surface area contributed by atoms with E-state index in [0.717, 1.165) is 5.56 Å². The summed E-state index contributed by atoms with van der Waals surface area (Å²) in [5, 5.41) is 9.21. The summed E-state index contributed by atoms with van der Waals surface area (Å²) in [6, 6.07) is 5.08. The molecular formula is C12H11ClN2O3. The fourth-order valence-electron chi connectivity index (χ4n) is 1.38. The number of aliphatic hydroxyl groups excluding tert-OH is 1. The second-order valence-electron chi connectivity index (χ2n) is 3.40. The molecule has 1 aromatic heterocycles. The number of hydrogen-bond donors (Lipinski definition) is 1. The molecule has 0 aliphatic rings. The summed E-state index contributed by atoms with van der Waals surface area (Å²) >= 11 is 5.85. The van der Waals surface area contributed by atoms with E-state index in [4.69, 9.17) is 26.2 Å². The third kappa shape index (κ3) is 2.69. The third-order valence-electron chi connectivity index (χ3n) is 2.24. The van der Waals surface area contributed by atoms with E-state index in [1.807, 2.05) is 0 Å². The molecule has 0 bridgehead atoms. The van der Waals surface area contributed by atoms with Gasteiger partial charge in [-0.3, -0.25) is 0 Å². The number of benzene rings is 1. The molecule has 1 aromatic carbocycles. The molecule has 0 fully saturated rings. The zero-order valence-electron chi connectivity index (χ0n) is 9.63. The van der Waals surface area contributed by atoms with E-state index in [1.165, 1.54) is 19.5 Å². The number of ether oxygens (including phenoxy) is 2. The zero-order chi connectivity index (χ0) is 13.0. The van der Waals surface area contributed by atoms with Gasteiger partial charge in [-0.2, -0.15) is 0 Å². The topological polar surface area (TPSA) is 64.5 Å². The van der Waals surface area contributed by atoms with Crippen molar-refractivity contribution in [2.24, 2.45) is 0 Å². The lowest BCUT2D eigenvalue weighted by Gasteiger charge is -2.10. The fraction of sp³-hybridized carbons (Fsp3) is 0.167. The van der Waals surface area contributed by atoms with Gasteiger partial charge in [0.2, 0.25) is 0 Å². The number of halogens is 1. The molecule has 18 heavy (non-hydrogen) atoms. The van der Waals surface area contributed by atoms with Crippen LogP contribution < -0.4 is 9.47 Å². The molecule has 0 unspecified atom stereocenters. The zero-order valence-corrected chi connectivity index (χ0v) is 10.4. The SMILES string of the molecule is COc1cc(CO)ccc1Oc1nccnc1Cl. The predicted molar refractivity (Wildman–Crippen MR) is 66.0 cm³/mol. The van der Waals surface area contributed by atoms with Crippen LogP contribution >= 0.6 is 11.6 Å². The van der Waals surface area contributed by atoms with Gasteiger partial charge in [-0.05, 0) is 17.7 Å². The maximum absolute atomic E-state index is 9.04. The summed E-state index contributed by atoms with van der Waals surface area (Å²) in [7, 11) is 1.52. The van der Waals surface area contributed by atoms with Gasteiger partial charge < -0.3 is 14.6 Å². The molecule has 5 nitrogen and oxygen atoms in total. The average Bonchev–Trinajstić information content (AvgIpc) is 2.41. The average molecular weight is 267 g/mol. The molecule has 1 N–H and O–H groups in total. The summed E-state index contributed by atoms with van der Waals surface area (Å²) in [4.78, 5) is 7.83. The standard InChI is InChI=1S/C12H11ClN2O3/c1-17-10-6-8(7-16)2-3-9(10)18-12-11(13)14-4-5-15-12/h2-6,16H,7H2,1H3. The van der Waals surface area contributed by atoms with Crippen LogP contribution in [0.25, 0.3) is 0 Å². The minimum atomic E-state index is -0.0669. The van der Waals surface area contributed by atoms with E-state index in [-0.39, 0.29) is 17.6 Å². The van der Waals surface area contributed by atoms with Crippen molar-refractivity contribution >= 4 is 11.6 Å². The summed E-state index contributed by atoms with van der Waals surface area (Å²) in [6.45, 7) is -0.0669. The lowest BCUT2D eigenvalue weighted by atomic mass is 10.2. The van der Waals surface area contributed by atoms with Crippen molar-refractivity contribution < 1.29 is 14.6 Å². The molecule has 6 heteroatoms. The number of aliphatic hydroxyl groups is 1. The first-order valence-corrected chi connectivity index (χ1v) is 5.54. The van der Waals surface area contributed by atoms with Crippen LogP contribution in [0.5, 0.6) is 17.4 Å². The van der Waals surface area contributed by atoms with E-state index in [2.05, 4.69) is 9.97 Å². The Hall–Kier alpha value is -1.85. The maximum atomic E-state index is 9.04. The highest BCUT2D eigenvalue weighted by atomic mass is 35.5. The Labute approximate surface area is 109 Å². The van der Waals surface area contributed by atoms with Crippen molar-refractivity contribution in [3.63, 3.8) is 0 Å². The van der Waals surface area contributed by atoms with Gasteiger partial charge in [0.15, 0.2) is 16.7 Å². The van der Waals surface area contributed by atoms with Crippen LogP contribution in [0.2, 0.25) is 5.15 Å². The number of aromatic nitrogens is 2. The van der Waals surface area contributed by atoms with E-state index in [0.29, 0.717) is 11.5 Å². The minimum Gasteiger partial charge on any atom is -0.493 e. The Balaban J connectivity index is 2.32. The molecule has 94 valence electrons. The van der Waals surface area contributed by atoms with Crippen molar-refractivity contribution in [1.29, 1.82) is 0 Å². The van der Waals surface area contributed by atoms with Crippen LogP contribution in [0.3, 0.4) is 0 Å². The molecule has 0 amide bonds. The van der Waals surface area contributed by atoms with Gasteiger partial charge in [-0.15, -0.1) is 0 Å². The van der Waals surface area contributed by atoms with Gasteiger partial charge in [-0.1, -0.05) is 17.7 Å². The Kier molecular flexibility index (Phi) is 3.96. The Morgan fingerprint density at radius 3 is 2.67 bits per heavy atom. The van der Waals surface area contributed by atoms with Crippen LogP contribution in [-0.4, -0.2) is 22.2 Å². The first kappa shape index (κ1) is 12.6. The second kappa shape index (κ2) is 5.66. The molecule has 0 saturated carbocycles. The van der Waals surface area contributed by atoms with Gasteiger partial charge in [-0.25, -0.2) is 9.97 Å². The molecule has 0 radical (unpaired) electrons. The molecule has 0 aliphatic heterocycles. The van der Waals surface area contributed by atoms with Crippen LogP contribution in [-0.2, 0) is 6.61 Å². The Morgan fingerprint density at radius 1 is 1.22 bits per heavy atom. The predicted octanol–water partition coefficient (Wildman–Crippen LogP) is 2.42. The van der Waals surface area contributed by atoms with Gasteiger partial charge in [0.05, 0.1) is 13.7 Å². The first-order chi connectivity index (χ1) is 8.74. The molecule has 0 saturated heterocycles. The lowest BCUT2D eigenvalue weighted by molar-refractivity contribution is 0.280. The largest absolute Gasteiger partial charge is 0.493 e. The number of rotatable bonds is 4. The highest BCUT2D eigenvalue weighted by molar-refractivity contribution is 6.30. The number of nitrogens with zero attached hydrogens (tertiary/aromatic N) is 2. The molecule has 0 atom stereocenters. The quantitative estimate of drug-likeness (QED) is 0.921. The Morgan fingerprint density at radius 2 is 2.00 bits per heavy atom. The Bertz CT molecular complexity index is 549. The summed E-state index contributed by atoms with van der Waals surface area (Å²) in [5.41, 5.74) is 0.726. The van der Waals surface area contributed by atoms with Crippen LogP contribution in [0.1, 0.15) is 5.56 Å². The van der Waals surface area contributed by atoms with Gasteiger partial charge in [0.1, 0.15) is 0 Å². The molecule has 1 heterocycles. The highest BCUT2D eigenvalue weighted by Crippen LogP contribution is 2.33.